The van der Waals surface area contributed by atoms with Gasteiger partial charge in [0.15, 0.2) is 23.0 Å². The number of phosphoric acid groups is 1. The van der Waals surface area contributed by atoms with Crippen LogP contribution >= 0.6 is 7.82 Å². The quantitative estimate of drug-likeness (QED) is 0.0849. The van der Waals surface area contributed by atoms with Crippen LogP contribution in [0.1, 0.15) is 11.1 Å². The highest BCUT2D eigenvalue weighted by molar-refractivity contribution is 7.46. The van der Waals surface area contributed by atoms with E-state index < -0.39 is 58.5 Å². The van der Waals surface area contributed by atoms with Gasteiger partial charge >= 0.3 is 7.82 Å². The molecular formula is C26H43N2O14P. The molecule has 2 rings (SSSR count). The second-order valence-electron chi connectivity index (χ2n) is 8.96. The number of ether oxygens (including phenoxy) is 4. The van der Waals surface area contributed by atoms with E-state index in [4.69, 9.17) is 70.8 Å². The van der Waals surface area contributed by atoms with Crippen molar-refractivity contribution in [3.05, 3.63) is 41.5 Å². The average molecular weight is 639 g/mol. The Morgan fingerprint density at radius 3 is 1.30 bits per heavy atom. The van der Waals surface area contributed by atoms with Gasteiger partial charge in [-0.2, -0.15) is 0 Å². The molecule has 2 aromatic rings. The minimum atomic E-state index is -4.71. The van der Waals surface area contributed by atoms with Gasteiger partial charge in [-0.05, 0) is 35.4 Å². The molecule has 43 heavy (non-hydrogen) atoms. The van der Waals surface area contributed by atoms with Crippen molar-refractivity contribution >= 4 is 20.0 Å². The molecule has 0 amide bonds. The number of aliphatic hydroxyl groups is 6. The lowest BCUT2D eigenvalue weighted by atomic mass is 10.1. The van der Waals surface area contributed by atoms with Crippen molar-refractivity contribution in [2.45, 2.75) is 11.1 Å². The Morgan fingerprint density at radius 2 is 1.00 bits per heavy atom. The Labute approximate surface area is 249 Å². The van der Waals surface area contributed by atoms with E-state index in [1.807, 2.05) is 0 Å². The van der Waals surface area contributed by atoms with Crippen LogP contribution in [0.5, 0.6) is 28.7 Å². The number of methoxy groups -OCH3 is 4. The lowest BCUT2D eigenvalue weighted by Gasteiger charge is -2.20. The second kappa shape index (κ2) is 19.3. The molecule has 12 N–H and O–H groups in total. The van der Waals surface area contributed by atoms with E-state index >= 15 is 0 Å². The van der Waals surface area contributed by atoms with Crippen LogP contribution in [-0.2, 0) is 4.57 Å². The molecule has 0 bridgehead atoms. The zero-order valence-electron chi connectivity index (χ0n) is 24.4. The van der Waals surface area contributed by atoms with Crippen LogP contribution < -0.4 is 34.9 Å². The van der Waals surface area contributed by atoms with Gasteiger partial charge in [-0.3, -0.25) is 9.79 Å². The SMILES string of the molecule is COc1ccc(/C=C\c2cc(OC)c(OC)c(OC)c2)cc1OP(=O)(O)O.NC(CO)(CO)CO.NC(CO)(CO)CO. The standard InChI is InChI=1S/C18H21O8P.2C4H11NO3/c1-22-14-8-7-12(9-15(14)26-27(19,20)21)5-6-13-10-16(23-2)18(25-4)17(11-13)24-3;2*5-4(1-6,2-7)3-8/h5-11H,1-4H3,(H2,19,20,21);2*6-8H,1-3,5H2/b6-5-;;. The highest BCUT2D eigenvalue weighted by Gasteiger charge is 2.22. The molecule has 0 aromatic heterocycles. The van der Waals surface area contributed by atoms with Crippen LogP contribution in [0.25, 0.3) is 12.2 Å². The fraction of sp³-hybridized carbons (Fsp3) is 0.462. The molecule has 0 aliphatic rings. The Bertz CT molecular complexity index is 1110. The van der Waals surface area contributed by atoms with Crippen molar-refractivity contribution in [3.8, 4) is 28.7 Å². The van der Waals surface area contributed by atoms with Gasteiger partial charge in [0.05, 0.1) is 79.2 Å². The van der Waals surface area contributed by atoms with Gasteiger partial charge in [-0.25, -0.2) is 4.57 Å². The minimum Gasteiger partial charge on any atom is -0.493 e. The number of nitrogens with two attached hydrogens (primary N) is 2. The van der Waals surface area contributed by atoms with Crippen LogP contribution in [0.15, 0.2) is 30.3 Å². The summed E-state index contributed by atoms with van der Waals surface area (Å²) in [6.45, 7) is -2.42. The van der Waals surface area contributed by atoms with Crippen LogP contribution in [-0.4, -0.2) is 120 Å². The Hall–Kier alpha value is -2.99. The van der Waals surface area contributed by atoms with E-state index in [9.17, 15) is 4.57 Å². The first kappa shape index (κ1) is 40.0. The number of benzene rings is 2. The number of aliphatic hydroxyl groups excluding tert-OH is 6. The third-order valence-corrected chi connectivity index (χ3v) is 5.88. The molecule has 0 saturated carbocycles. The van der Waals surface area contributed by atoms with E-state index in [2.05, 4.69) is 4.52 Å². The molecule has 246 valence electrons. The third-order valence-electron chi connectivity index (χ3n) is 5.45. The van der Waals surface area contributed by atoms with E-state index in [-0.39, 0.29) is 11.5 Å². The van der Waals surface area contributed by atoms with E-state index in [1.165, 1.54) is 34.5 Å². The van der Waals surface area contributed by atoms with Gasteiger partial charge in [0.1, 0.15) is 0 Å². The van der Waals surface area contributed by atoms with Gasteiger partial charge in [0, 0.05) is 0 Å². The molecule has 16 nitrogen and oxygen atoms in total. The molecule has 17 heteroatoms. The second-order valence-corrected chi connectivity index (χ2v) is 10.1. The first-order valence-corrected chi connectivity index (χ1v) is 13.8. The first-order valence-electron chi connectivity index (χ1n) is 12.3. The summed E-state index contributed by atoms with van der Waals surface area (Å²) in [5.41, 5.74) is 9.30. The number of hydrogen-bond donors (Lipinski definition) is 10. The molecule has 0 spiro atoms. The summed E-state index contributed by atoms with van der Waals surface area (Å²) in [6, 6.07) is 8.29. The summed E-state index contributed by atoms with van der Waals surface area (Å²) in [5, 5.41) is 50.0. The van der Waals surface area contributed by atoms with Gasteiger partial charge in [-0.1, -0.05) is 18.2 Å². The summed E-state index contributed by atoms with van der Waals surface area (Å²) in [6.07, 6.45) is 3.53. The summed E-state index contributed by atoms with van der Waals surface area (Å²) in [7, 11) is 1.26. The van der Waals surface area contributed by atoms with Crippen LogP contribution in [0.3, 0.4) is 0 Å². The third kappa shape index (κ3) is 13.9. The maximum atomic E-state index is 11.1. The Balaban J connectivity index is 0.000000903. The summed E-state index contributed by atoms with van der Waals surface area (Å²) < 4.78 is 36.8. The molecule has 0 atom stereocenters. The number of rotatable bonds is 14. The van der Waals surface area contributed by atoms with Gasteiger partial charge in [-0.15, -0.1) is 0 Å². The van der Waals surface area contributed by atoms with Crippen LogP contribution in [0.4, 0.5) is 0 Å². The minimum absolute atomic E-state index is 0.0575. The van der Waals surface area contributed by atoms with Crippen molar-refractivity contribution in [1.82, 2.24) is 0 Å². The zero-order chi connectivity index (χ0) is 33.3. The van der Waals surface area contributed by atoms with Crippen molar-refractivity contribution in [2.24, 2.45) is 11.5 Å². The Morgan fingerprint density at radius 1 is 0.628 bits per heavy atom. The molecular weight excluding hydrogens is 595 g/mol. The monoisotopic (exact) mass is 638 g/mol. The average Bonchev–Trinajstić information content (AvgIpc) is 3.02. The summed E-state index contributed by atoms with van der Waals surface area (Å²) in [4.78, 5) is 18.1. The molecule has 0 fully saturated rings. The smallest absolute Gasteiger partial charge is 0.493 e. The van der Waals surface area contributed by atoms with Crippen molar-refractivity contribution < 1.29 is 68.5 Å². The van der Waals surface area contributed by atoms with E-state index in [0.29, 0.717) is 22.8 Å². The lowest BCUT2D eigenvalue weighted by Crippen LogP contribution is -2.50. The lowest BCUT2D eigenvalue weighted by molar-refractivity contribution is 0.0695. The van der Waals surface area contributed by atoms with Crippen molar-refractivity contribution in [3.63, 3.8) is 0 Å². The molecule has 0 aliphatic carbocycles. The van der Waals surface area contributed by atoms with Crippen LogP contribution in [0.2, 0.25) is 0 Å². The van der Waals surface area contributed by atoms with Gasteiger partial charge in [0.25, 0.3) is 0 Å². The van der Waals surface area contributed by atoms with Crippen LogP contribution in [0, 0.1) is 0 Å². The number of phosphoric ester groups is 1. The van der Waals surface area contributed by atoms with Gasteiger partial charge < -0.3 is 65.6 Å². The zero-order valence-corrected chi connectivity index (χ0v) is 25.3. The molecule has 0 saturated heterocycles. The predicted octanol–water partition coefficient (Wildman–Crippen LogP) is -1.32. The Kier molecular flexibility index (Phi) is 18.0. The fourth-order valence-electron chi connectivity index (χ4n) is 2.69. The highest BCUT2D eigenvalue weighted by Crippen LogP contribution is 2.42. The predicted molar refractivity (Wildman–Crippen MR) is 157 cm³/mol. The fourth-order valence-corrected chi connectivity index (χ4v) is 3.09. The van der Waals surface area contributed by atoms with E-state index in [1.54, 1.807) is 36.4 Å². The topological polar surface area (TPSA) is 277 Å². The first-order chi connectivity index (χ1) is 20.2. The largest absolute Gasteiger partial charge is 0.524 e. The normalized spacial score (nSPS) is 11.6. The molecule has 0 unspecified atom stereocenters. The molecule has 0 heterocycles. The number of hydrogen-bond acceptors (Lipinski definition) is 14. The summed E-state index contributed by atoms with van der Waals surface area (Å²) >= 11 is 0. The molecule has 0 aliphatic heterocycles. The van der Waals surface area contributed by atoms with Gasteiger partial charge in [0.2, 0.25) is 5.75 Å². The highest BCUT2D eigenvalue weighted by atomic mass is 31.2. The summed E-state index contributed by atoms with van der Waals surface area (Å²) in [5.74, 6) is 1.66. The maximum Gasteiger partial charge on any atom is 0.524 e. The van der Waals surface area contributed by atoms with Crippen molar-refractivity contribution in [1.29, 1.82) is 0 Å². The maximum absolute atomic E-state index is 11.1. The van der Waals surface area contributed by atoms with Crippen molar-refractivity contribution in [2.75, 3.05) is 68.1 Å². The van der Waals surface area contributed by atoms with E-state index in [0.717, 1.165) is 5.56 Å². The molecule has 0 radical (unpaired) electrons. The molecule has 2 aromatic carbocycles.